The summed E-state index contributed by atoms with van der Waals surface area (Å²) >= 11 is 0. The van der Waals surface area contributed by atoms with Gasteiger partial charge in [0.25, 0.3) is 0 Å². The number of rotatable bonds is 7. The van der Waals surface area contributed by atoms with E-state index >= 15 is 0 Å². The van der Waals surface area contributed by atoms with Gasteiger partial charge in [-0.1, -0.05) is 13.3 Å². The van der Waals surface area contributed by atoms with Crippen LogP contribution in [0.25, 0.3) is 0 Å². The van der Waals surface area contributed by atoms with Gasteiger partial charge in [0.15, 0.2) is 0 Å². The van der Waals surface area contributed by atoms with Crippen LogP contribution in [0, 0.1) is 0 Å². The fourth-order valence-electron chi connectivity index (χ4n) is 2.19. The Labute approximate surface area is 143 Å². The largest absolute Gasteiger partial charge is 0.497 e. The number of imide groups is 1. The Morgan fingerprint density at radius 3 is 2.29 bits per heavy atom. The van der Waals surface area contributed by atoms with Gasteiger partial charge in [0.05, 0.1) is 7.11 Å². The van der Waals surface area contributed by atoms with Crippen molar-refractivity contribution in [1.29, 1.82) is 0 Å². The summed E-state index contributed by atoms with van der Waals surface area (Å²) in [5.74, 6) is 0.416. The highest BCUT2D eigenvalue weighted by molar-refractivity contribution is 5.92. The van der Waals surface area contributed by atoms with Crippen molar-refractivity contribution >= 4 is 17.7 Å². The Kier molecular flexibility index (Phi) is 7.55. The Morgan fingerprint density at radius 1 is 1.17 bits per heavy atom. The minimum atomic E-state index is -0.716. The van der Waals surface area contributed by atoms with Gasteiger partial charge in [-0.3, -0.25) is 10.1 Å². The normalized spacial score (nSPS) is 12.2. The van der Waals surface area contributed by atoms with E-state index in [2.05, 4.69) is 17.6 Å². The van der Waals surface area contributed by atoms with Crippen LogP contribution in [0.15, 0.2) is 24.3 Å². The zero-order valence-corrected chi connectivity index (χ0v) is 15.1. The third kappa shape index (κ3) is 7.85. The van der Waals surface area contributed by atoms with Crippen LogP contribution in [-0.2, 0) is 9.53 Å². The van der Waals surface area contributed by atoms with Crippen molar-refractivity contribution in [3.63, 3.8) is 0 Å². The molecule has 0 saturated carbocycles. The van der Waals surface area contributed by atoms with Crippen LogP contribution in [-0.4, -0.2) is 30.8 Å². The molecule has 24 heavy (non-hydrogen) atoms. The van der Waals surface area contributed by atoms with E-state index in [0.717, 1.165) is 24.3 Å². The summed E-state index contributed by atoms with van der Waals surface area (Å²) in [6, 6.07) is 7.43. The number of amides is 2. The second kappa shape index (κ2) is 9.15. The molecule has 134 valence electrons. The van der Waals surface area contributed by atoms with E-state index in [1.807, 2.05) is 24.3 Å². The molecule has 1 rings (SSSR count). The molecule has 0 radical (unpaired) electrons. The van der Waals surface area contributed by atoms with E-state index in [-0.39, 0.29) is 18.4 Å². The topological polar surface area (TPSA) is 76.7 Å². The Balaban J connectivity index is 2.57. The van der Waals surface area contributed by atoms with E-state index in [1.165, 1.54) is 0 Å². The maximum atomic E-state index is 12.0. The molecule has 6 heteroatoms. The maximum Gasteiger partial charge on any atom is 0.414 e. The molecule has 0 spiro atoms. The predicted molar refractivity (Wildman–Crippen MR) is 94.3 cm³/mol. The number of methoxy groups -OCH3 is 1. The van der Waals surface area contributed by atoms with Crippen LogP contribution in [0.3, 0.4) is 0 Å². The van der Waals surface area contributed by atoms with Crippen molar-refractivity contribution in [1.82, 2.24) is 5.32 Å². The van der Waals surface area contributed by atoms with E-state index in [4.69, 9.17) is 9.47 Å². The smallest absolute Gasteiger partial charge is 0.414 e. The van der Waals surface area contributed by atoms with Crippen LogP contribution < -0.4 is 15.4 Å². The van der Waals surface area contributed by atoms with Crippen molar-refractivity contribution in [3.05, 3.63) is 24.3 Å². The van der Waals surface area contributed by atoms with Gasteiger partial charge < -0.3 is 14.8 Å². The molecule has 0 aliphatic heterocycles. The maximum absolute atomic E-state index is 12.0. The SMILES string of the molecule is CCCC(CC(=O)NC(=O)OC(C)(C)C)Nc1ccc(OC)cc1. The first kappa shape index (κ1) is 19.8. The lowest BCUT2D eigenvalue weighted by molar-refractivity contribution is -0.121. The molecule has 1 aromatic carbocycles. The summed E-state index contributed by atoms with van der Waals surface area (Å²) in [7, 11) is 1.61. The van der Waals surface area contributed by atoms with Crippen LogP contribution in [0.2, 0.25) is 0 Å². The van der Waals surface area contributed by atoms with Gasteiger partial charge in [0.2, 0.25) is 5.91 Å². The summed E-state index contributed by atoms with van der Waals surface area (Å²) in [6.07, 6.45) is 1.22. The molecule has 0 fully saturated rings. The average Bonchev–Trinajstić information content (AvgIpc) is 2.46. The molecule has 1 unspecified atom stereocenters. The zero-order valence-electron chi connectivity index (χ0n) is 15.1. The molecular weight excluding hydrogens is 308 g/mol. The predicted octanol–water partition coefficient (Wildman–Crippen LogP) is 3.72. The van der Waals surface area contributed by atoms with Gasteiger partial charge in [-0.15, -0.1) is 0 Å². The van der Waals surface area contributed by atoms with Crippen molar-refractivity contribution in [3.8, 4) is 5.75 Å². The van der Waals surface area contributed by atoms with E-state index in [1.54, 1.807) is 27.9 Å². The van der Waals surface area contributed by atoms with Crippen molar-refractivity contribution < 1.29 is 19.1 Å². The van der Waals surface area contributed by atoms with Gasteiger partial charge in [-0.25, -0.2) is 4.79 Å². The standard InChI is InChI=1S/C18H28N2O4/c1-6-7-14(19-13-8-10-15(23-5)11-9-13)12-16(21)20-17(22)24-18(2,3)4/h8-11,14,19H,6-7,12H2,1-5H3,(H,20,21,22). The van der Waals surface area contributed by atoms with Gasteiger partial charge in [0, 0.05) is 18.2 Å². The van der Waals surface area contributed by atoms with E-state index < -0.39 is 11.7 Å². The number of carbonyl (C=O) groups is 2. The summed E-state index contributed by atoms with van der Waals surface area (Å²) < 4.78 is 10.2. The highest BCUT2D eigenvalue weighted by Gasteiger charge is 2.20. The number of ether oxygens (including phenoxy) is 2. The van der Waals surface area contributed by atoms with Gasteiger partial charge in [0.1, 0.15) is 11.4 Å². The highest BCUT2D eigenvalue weighted by atomic mass is 16.6. The van der Waals surface area contributed by atoms with E-state index in [0.29, 0.717) is 0 Å². The Hall–Kier alpha value is -2.24. The fraction of sp³-hybridized carbons (Fsp3) is 0.556. The number of carbonyl (C=O) groups excluding carboxylic acids is 2. The molecule has 0 aliphatic carbocycles. The van der Waals surface area contributed by atoms with Crippen molar-refractivity contribution in [2.75, 3.05) is 12.4 Å². The van der Waals surface area contributed by atoms with Gasteiger partial charge >= 0.3 is 6.09 Å². The third-order valence-electron chi connectivity index (χ3n) is 3.17. The van der Waals surface area contributed by atoms with Crippen LogP contribution in [0.1, 0.15) is 47.0 Å². The summed E-state index contributed by atoms with van der Waals surface area (Å²) in [5, 5.41) is 5.58. The van der Waals surface area contributed by atoms with Gasteiger partial charge in [-0.05, 0) is 51.5 Å². The van der Waals surface area contributed by atoms with Gasteiger partial charge in [-0.2, -0.15) is 0 Å². The number of alkyl carbamates (subject to hydrolysis) is 1. The molecular formula is C18H28N2O4. The lowest BCUT2D eigenvalue weighted by Crippen LogP contribution is -2.38. The average molecular weight is 336 g/mol. The van der Waals surface area contributed by atoms with E-state index in [9.17, 15) is 9.59 Å². The van der Waals surface area contributed by atoms with Crippen LogP contribution in [0.5, 0.6) is 5.75 Å². The molecule has 6 nitrogen and oxygen atoms in total. The number of hydrogen-bond donors (Lipinski definition) is 2. The third-order valence-corrected chi connectivity index (χ3v) is 3.17. The van der Waals surface area contributed by atoms with Crippen molar-refractivity contribution in [2.45, 2.75) is 58.6 Å². The summed E-state index contributed by atoms with van der Waals surface area (Å²) in [4.78, 5) is 23.7. The molecule has 0 aliphatic rings. The summed E-state index contributed by atoms with van der Waals surface area (Å²) in [5.41, 5.74) is 0.272. The monoisotopic (exact) mass is 336 g/mol. The Bertz CT molecular complexity index is 535. The lowest BCUT2D eigenvalue weighted by atomic mass is 10.1. The number of nitrogens with one attached hydrogen (secondary N) is 2. The molecule has 1 atom stereocenters. The molecule has 0 saturated heterocycles. The second-order valence-electron chi connectivity index (χ2n) is 6.61. The first-order valence-electron chi connectivity index (χ1n) is 8.17. The first-order chi connectivity index (χ1) is 11.2. The molecule has 0 heterocycles. The lowest BCUT2D eigenvalue weighted by Gasteiger charge is -2.21. The zero-order chi connectivity index (χ0) is 18.2. The van der Waals surface area contributed by atoms with Crippen molar-refractivity contribution in [2.24, 2.45) is 0 Å². The molecule has 1 aromatic rings. The molecule has 0 aromatic heterocycles. The minimum Gasteiger partial charge on any atom is -0.497 e. The molecule has 0 bridgehead atoms. The summed E-state index contributed by atoms with van der Waals surface area (Å²) in [6.45, 7) is 7.31. The number of anilines is 1. The van der Waals surface area contributed by atoms with Crippen LogP contribution in [0.4, 0.5) is 10.5 Å². The number of hydrogen-bond acceptors (Lipinski definition) is 5. The minimum absolute atomic E-state index is 0.0640. The quantitative estimate of drug-likeness (QED) is 0.793. The fourth-order valence-corrected chi connectivity index (χ4v) is 2.19. The molecule has 2 N–H and O–H groups in total. The first-order valence-corrected chi connectivity index (χ1v) is 8.17. The number of benzene rings is 1. The highest BCUT2D eigenvalue weighted by Crippen LogP contribution is 2.18. The Morgan fingerprint density at radius 2 is 1.79 bits per heavy atom. The molecule has 2 amide bonds. The second-order valence-corrected chi connectivity index (χ2v) is 6.61. The van der Waals surface area contributed by atoms with Crippen LogP contribution >= 0.6 is 0 Å².